The summed E-state index contributed by atoms with van der Waals surface area (Å²) in [6.07, 6.45) is 0. The van der Waals surface area contributed by atoms with Crippen LogP contribution in [0.3, 0.4) is 0 Å². The van der Waals surface area contributed by atoms with E-state index in [1.54, 1.807) is 24.3 Å². The lowest BCUT2D eigenvalue weighted by atomic mass is 10.1. The van der Waals surface area contributed by atoms with Gasteiger partial charge in [0, 0.05) is 23.9 Å². The summed E-state index contributed by atoms with van der Waals surface area (Å²) in [6, 6.07) is 23.3. The van der Waals surface area contributed by atoms with Crippen molar-refractivity contribution in [2.75, 3.05) is 0 Å². The number of carboxylic acid groups (broad SMARTS) is 1. The van der Waals surface area contributed by atoms with Crippen LogP contribution in [0.4, 0.5) is 0 Å². The second kappa shape index (κ2) is 9.82. The van der Waals surface area contributed by atoms with Gasteiger partial charge in [0.25, 0.3) is 0 Å². The highest BCUT2D eigenvalue weighted by Crippen LogP contribution is 2.25. The second-order valence-corrected chi connectivity index (χ2v) is 7.27. The van der Waals surface area contributed by atoms with Gasteiger partial charge in [-0.1, -0.05) is 36.4 Å². The molecular weight excluding hydrogens is 422 g/mol. The van der Waals surface area contributed by atoms with Crippen LogP contribution in [0, 0.1) is 0 Å². The minimum atomic E-state index is -1.11. The Balaban J connectivity index is 1.42. The average molecular weight is 443 g/mol. The summed E-state index contributed by atoms with van der Waals surface area (Å²) >= 11 is 0. The number of hydrogen-bond donors (Lipinski definition) is 1. The van der Waals surface area contributed by atoms with Gasteiger partial charge >= 0.3 is 11.9 Å². The SMILES string of the molecule is CC(=O)Oc1cc(C(=O)O)ccc1COc1cccc(OCc2ccc3ccccc3n2)c1. The molecule has 166 valence electrons. The van der Waals surface area contributed by atoms with Gasteiger partial charge in [0.1, 0.15) is 30.5 Å². The van der Waals surface area contributed by atoms with Crippen LogP contribution in [0.1, 0.15) is 28.5 Å². The molecule has 3 aromatic carbocycles. The number of nitrogens with zero attached hydrogens (tertiary/aromatic N) is 1. The molecule has 0 atom stereocenters. The van der Waals surface area contributed by atoms with Crippen LogP contribution < -0.4 is 14.2 Å². The molecule has 0 spiro atoms. The molecule has 0 aliphatic carbocycles. The topological polar surface area (TPSA) is 95.0 Å². The Morgan fingerprint density at radius 1 is 0.848 bits per heavy atom. The van der Waals surface area contributed by atoms with E-state index in [0.29, 0.717) is 23.7 Å². The quantitative estimate of drug-likeness (QED) is 0.302. The van der Waals surface area contributed by atoms with Gasteiger partial charge in [0.2, 0.25) is 0 Å². The molecule has 0 unspecified atom stereocenters. The first-order valence-electron chi connectivity index (χ1n) is 10.2. The number of aromatic carboxylic acids is 1. The number of esters is 1. The Morgan fingerprint density at radius 3 is 2.36 bits per heavy atom. The van der Waals surface area contributed by atoms with Crippen molar-refractivity contribution < 1.29 is 28.9 Å². The van der Waals surface area contributed by atoms with Gasteiger partial charge in [-0.25, -0.2) is 9.78 Å². The number of fused-ring (bicyclic) bond motifs is 1. The smallest absolute Gasteiger partial charge is 0.335 e. The van der Waals surface area contributed by atoms with Crippen molar-refractivity contribution in [1.29, 1.82) is 0 Å². The molecule has 0 aliphatic rings. The molecule has 0 saturated carbocycles. The van der Waals surface area contributed by atoms with Gasteiger partial charge in [0.15, 0.2) is 0 Å². The normalized spacial score (nSPS) is 10.6. The minimum absolute atomic E-state index is 0.0210. The molecule has 0 amide bonds. The molecule has 0 aliphatic heterocycles. The standard InChI is InChI=1S/C26H21NO6/c1-17(28)33-25-13-19(26(29)30)9-10-20(25)15-31-22-6-4-7-23(14-22)32-16-21-12-11-18-5-2-3-8-24(18)27-21/h2-14H,15-16H2,1H3,(H,29,30). The summed E-state index contributed by atoms with van der Waals surface area (Å²) in [4.78, 5) is 27.2. The van der Waals surface area contributed by atoms with Crippen LogP contribution in [-0.2, 0) is 18.0 Å². The van der Waals surface area contributed by atoms with E-state index in [9.17, 15) is 9.59 Å². The first-order valence-corrected chi connectivity index (χ1v) is 10.2. The number of benzene rings is 3. The van der Waals surface area contributed by atoms with Crippen molar-refractivity contribution in [1.82, 2.24) is 4.98 Å². The number of aromatic nitrogens is 1. The second-order valence-electron chi connectivity index (χ2n) is 7.27. The van der Waals surface area contributed by atoms with Gasteiger partial charge in [-0.05, 0) is 36.4 Å². The number of para-hydroxylation sites is 1. The van der Waals surface area contributed by atoms with Crippen LogP contribution in [0.15, 0.2) is 78.9 Å². The summed E-state index contributed by atoms with van der Waals surface area (Å²) < 4.78 is 16.9. The number of carbonyl (C=O) groups excluding carboxylic acids is 1. The lowest BCUT2D eigenvalue weighted by molar-refractivity contribution is -0.131. The van der Waals surface area contributed by atoms with E-state index in [1.807, 2.05) is 42.5 Å². The molecule has 33 heavy (non-hydrogen) atoms. The maximum atomic E-state index is 11.4. The zero-order chi connectivity index (χ0) is 23.2. The highest BCUT2D eigenvalue weighted by Gasteiger charge is 2.12. The van der Waals surface area contributed by atoms with Gasteiger partial charge in [0.05, 0.1) is 16.8 Å². The Kier molecular flexibility index (Phi) is 6.50. The minimum Gasteiger partial charge on any atom is -0.489 e. The lowest BCUT2D eigenvalue weighted by Crippen LogP contribution is -2.08. The third-order valence-electron chi connectivity index (χ3n) is 4.81. The van der Waals surface area contributed by atoms with Crippen molar-refractivity contribution in [3.63, 3.8) is 0 Å². The van der Waals surface area contributed by atoms with E-state index in [0.717, 1.165) is 16.6 Å². The van der Waals surface area contributed by atoms with Crippen molar-refractivity contribution in [3.8, 4) is 17.2 Å². The highest BCUT2D eigenvalue weighted by atomic mass is 16.5. The van der Waals surface area contributed by atoms with E-state index >= 15 is 0 Å². The Morgan fingerprint density at radius 2 is 1.61 bits per heavy atom. The number of rotatable bonds is 8. The van der Waals surface area contributed by atoms with Crippen LogP contribution >= 0.6 is 0 Å². The number of carbonyl (C=O) groups is 2. The number of pyridine rings is 1. The maximum Gasteiger partial charge on any atom is 0.335 e. The van der Waals surface area contributed by atoms with Crippen molar-refractivity contribution in [2.24, 2.45) is 0 Å². The van der Waals surface area contributed by atoms with Crippen LogP contribution in [0.25, 0.3) is 10.9 Å². The third kappa shape index (κ3) is 5.65. The highest BCUT2D eigenvalue weighted by molar-refractivity contribution is 5.88. The van der Waals surface area contributed by atoms with Crippen molar-refractivity contribution >= 4 is 22.8 Å². The maximum absolute atomic E-state index is 11.4. The fourth-order valence-corrected chi connectivity index (χ4v) is 3.22. The summed E-state index contributed by atoms with van der Waals surface area (Å²) in [5.41, 5.74) is 2.28. The zero-order valence-electron chi connectivity index (χ0n) is 17.9. The Labute approximate surface area is 190 Å². The number of carboxylic acids is 1. The molecule has 1 N–H and O–H groups in total. The largest absolute Gasteiger partial charge is 0.489 e. The van der Waals surface area contributed by atoms with Gasteiger partial charge in [-0.2, -0.15) is 0 Å². The molecule has 1 heterocycles. The molecular formula is C26H21NO6. The van der Waals surface area contributed by atoms with E-state index in [2.05, 4.69) is 4.98 Å². The van der Waals surface area contributed by atoms with Crippen molar-refractivity contribution in [2.45, 2.75) is 20.1 Å². The zero-order valence-corrected chi connectivity index (χ0v) is 17.9. The number of hydrogen-bond acceptors (Lipinski definition) is 6. The fraction of sp³-hybridized carbons (Fsp3) is 0.115. The van der Waals surface area contributed by atoms with E-state index < -0.39 is 11.9 Å². The molecule has 0 bridgehead atoms. The van der Waals surface area contributed by atoms with Gasteiger partial charge in [-0.3, -0.25) is 4.79 Å². The monoisotopic (exact) mass is 443 g/mol. The summed E-state index contributed by atoms with van der Waals surface area (Å²) in [6.45, 7) is 1.64. The van der Waals surface area contributed by atoms with E-state index in [4.69, 9.17) is 19.3 Å². The Hall–Kier alpha value is -4.39. The van der Waals surface area contributed by atoms with Crippen LogP contribution in [0.5, 0.6) is 17.2 Å². The molecule has 7 nitrogen and oxygen atoms in total. The first-order chi connectivity index (χ1) is 16.0. The summed E-state index contributed by atoms with van der Waals surface area (Å²) in [5, 5.41) is 10.2. The van der Waals surface area contributed by atoms with Crippen LogP contribution in [0.2, 0.25) is 0 Å². The molecule has 0 radical (unpaired) electrons. The van der Waals surface area contributed by atoms with Gasteiger partial charge in [-0.15, -0.1) is 0 Å². The molecule has 7 heteroatoms. The van der Waals surface area contributed by atoms with E-state index in [-0.39, 0.29) is 17.9 Å². The summed E-state index contributed by atoms with van der Waals surface area (Å²) in [7, 11) is 0. The lowest BCUT2D eigenvalue weighted by Gasteiger charge is -2.12. The number of ether oxygens (including phenoxy) is 3. The molecule has 4 rings (SSSR count). The van der Waals surface area contributed by atoms with E-state index in [1.165, 1.54) is 19.1 Å². The molecule has 4 aromatic rings. The van der Waals surface area contributed by atoms with Crippen molar-refractivity contribution in [3.05, 3.63) is 95.7 Å². The first kappa shape index (κ1) is 21.8. The Bertz CT molecular complexity index is 1320. The van der Waals surface area contributed by atoms with Crippen LogP contribution in [-0.4, -0.2) is 22.0 Å². The predicted molar refractivity (Wildman–Crippen MR) is 122 cm³/mol. The predicted octanol–water partition coefficient (Wildman–Crippen LogP) is 5.02. The molecule has 0 saturated heterocycles. The molecule has 0 fully saturated rings. The average Bonchev–Trinajstić information content (AvgIpc) is 2.81. The third-order valence-corrected chi connectivity index (χ3v) is 4.81. The van der Waals surface area contributed by atoms with Gasteiger partial charge < -0.3 is 19.3 Å². The summed E-state index contributed by atoms with van der Waals surface area (Å²) in [5.74, 6) is -0.339. The molecule has 1 aromatic heterocycles. The fourth-order valence-electron chi connectivity index (χ4n) is 3.22.